The van der Waals surface area contributed by atoms with Crippen LogP contribution in [-0.4, -0.2) is 0 Å². The zero-order chi connectivity index (χ0) is 27.3. The Balaban J connectivity index is 2.55. The summed E-state index contributed by atoms with van der Waals surface area (Å²) < 4.78 is 0. The number of hydrogen-bond acceptors (Lipinski definition) is 0. The molecule has 0 saturated carbocycles. The van der Waals surface area contributed by atoms with Gasteiger partial charge in [0.05, 0.1) is 6.57 Å². The molecule has 0 spiro atoms. The highest BCUT2D eigenvalue weighted by molar-refractivity contribution is 5.95. The third-order valence-electron chi connectivity index (χ3n) is 7.05. The molecular formula is C35H45N. The molecule has 0 N–H and O–H groups in total. The van der Waals surface area contributed by atoms with Gasteiger partial charge in [-0.1, -0.05) is 138 Å². The van der Waals surface area contributed by atoms with Crippen molar-refractivity contribution in [3.05, 3.63) is 88.3 Å². The van der Waals surface area contributed by atoms with Crippen molar-refractivity contribution < 1.29 is 0 Å². The predicted molar refractivity (Wildman–Crippen MR) is 158 cm³/mol. The number of hydrogen-bond donors (Lipinski definition) is 0. The van der Waals surface area contributed by atoms with E-state index in [1.54, 1.807) is 0 Å². The molecule has 0 aliphatic heterocycles. The normalized spacial score (nSPS) is 13.0. The van der Waals surface area contributed by atoms with Crippen LogP contribution in [0.2, 0.25) is 0 Å². The Morgan fingerprint density at radius 2 is 0.694 bits per heavy atom. The van der Waals surface area contributed by atoms with Crippen LogP contribution in [0.4, 0.5) is 5.69 Å². The van der Waals surface area contributed by atoms with Crippen LogP contribution < -0.4 is 0 Å². The maximum Gasteiger partial charge on any atom is 0.202 e. The molecule has 3 rings (SSSR count). The summed E-state index contributed by atoms with van der Waals surface area (Å²) in [6.07, 6.45) is 0. The summed E-state index contributed by atoms with van der Waals surface area (Å²) in [5, 5.41) is 0. The van der Waals surface area contributed by atoms with Crippen LogP contribution in [0.25, 0.3) is 27.1 Å². The van der Waals surface area contributed by atoms with E-state index in [0.29, 0.717) is 0 Å². The lowest BCUT2D eigenvalue weighted by molar-refractivity contribution is 0.572. The zero-order valence-electron chi connectivity index (χ0n) is 24.6. The second-order valence-corrected chi connectivity index (χ2v) is 14.3. The fourth-order valence-electron chi connectivity index (χ4n) is 5.25. The van der Waals surface area contributed by atoms with E-state index in [4.69, 9.17) is 6.57 Å². The lowest BCUT2D eigenvalue weighted by atomic mass is 9.72. The van der Waals surface area contributed by atoms with Gasteiger partial charge in [0.25, 0.3) is 0 Å². The average molecular weight is 480 g/mol. The molecule has 1 nitrogen and oxygen atoms in total. The number of para-hydroxylation sites is 1. The van der Waals surface area contributed by atoms with E-state index in [1.807, 2.05) is 0 Å². The van der Waals surface area contributed by atoms with E-state index < -0.39 is 0 Å². The molecule has 0 radical (unpaired) electrons. The summed E-state index contributed by atoms with van der Waals surface area (Å²) in [7, 11) is 0. The van der Waals surface area contributed by atoms with Crippen LogP contribution >= 0.6 is 0 Å². The molecule has 0 aromatic heterocycles. The minimum absolute atomic E-state index is 0.0498. The largest absolute Gasteiger partial charge is 0.237 e. The van der Waals surface area contributed by atoms with Crippen LogP contribution in [0, 0.1) is 6.57 Å². The van der Waals surface area contributed by atoms with E-state index in [-0.39, 0.29) is 21.7 Å². The van der Waals surface area contributed by atoms with Crippen molar-refractivity contribution in [1.29, 1.82) is 0 Å². The van der Waals surface area contributed by atoms with Gasteiger partial charge in [-0.15, -0.1) is 0 Å². The third-order valence-corrected chi connectivity index (χ3v) is 7.05. The minimum atomic E-state index is -0.0498. The summed E-state index contributed by atoms with van der Waals surface area (Å²) in [6, 6.07) is 19.8. The lowest BCUT2D eigenvalue weighted by Crippen LogP contribution is -2.20. The molecule has 36 heavy (non-hydrogen) atoms. The van der Waals surface area contributed by atoms with Gasteiger partial charge in [-0.2, -0.15) is 0 Å². The standard InChI is InChI=1S/C35H45N/c1-32(2,3)25-19-15-20-26(33(4,5)6)29(25)23-17-14-18-24(31(23)36-13)30-27(34(7,8)9)21-16-22-28(30)35(10,11)12/h14-22H,1-12H3. The summed E-state index contributed by atoms with van der Waals surface area (Å²) in [5.41, 5.74) is 10.2. The molecular weight excluding hydrogens is 434 g/mol. The van der Waals surface area contributed by atoms with E-state index in [9.17, 15) is 0 Å². The Morgan fingerprint density at radius 3 is 0.917 bits per heavy atom. The first-order valence-electron chi connectivity index (χ1n) is 13.2. The van der Waals surface area contributed by atoms with Gasteiger partial charge < -0.3 is 0 Å². The van der Waals surface area contributed by atoms with Crippen molar-refractivity contribution in [3.8, 4) is 22.3 Å². The maximum atomic E-state index is 8.45. The van der Waals surface area contributed by atoms with Gasteiger partial charge in [0.1, 0.15) is 0 Å². The molecule has 3 aromatic carbocycles. The molecule has 0 fully saturated rings. The van der Waals surface area contributed by atoms with Gasteiger partial charge in [0, 0.05) is 0 Å². The summed E-state index contributed by atoms with van der Waals surface area (Å²) in [4.78, 5) is 4.27. The maximum absolute atomic E-state index is 8.45. The summed E-state index contributed by atoms with van der Waals surface area (Å²) in [5.74, 6) is 0. The molecule has 0 heterocycles. The highest BCUT2D eigenvalue weighted by atomic mass is 14.7. The second-order valence-electron chi connectivity index (χ2n) is 14.3. The molecule has 0 unspecified atom stereocenters. The molecule has 0 saturated heterocycles. The van der Waals surface area contributed by atoms with Gasteiger partial charge in [-0.25, -0.2) is 4.85 Å². The molecule has 0 amide bonds. The lowest BCUT2D eigenvalue weighted by Gasteiger charge is -2.32. The van der Waals surface area contributed by atoms with Crippen molar-refractivity contribution in [2.75, 3.05) is 0 Å². The van der Waals surface area contributed by atoms with Crippen LogP contribution in [-0.2, 0) is 21.7 Å². The number of nitrogens with zero attached hydrogens (tertiary/aromatic N) is 1. The molecule has 190 valence electrons. The van der Waals surface area contributed by atoms with Gasteiger partial charge in [0.2, 0.25) is 5.69 Å². The summed E-state index contributed by atoms with van der Waals surface area (Å²) in [6.45, 7) is 35.7. The molecule has 0 bridgehead atoms. The van der Waals surface area contributed by atoms with Crippen LogP contribution in [0.15, 0.2) is 54.6 Å². The monoisotopic (exact) mass is 479 g/mol. The van der Waals surface area contributed by atoms with E-state index in [0.717, 1.165) is 16.8 Å². The van der Waals surface area contributed by atoms with E-state index in [1.165, 1.54) is 33.4 Å². The fourth-order valence-corrected chi connectivity index (χ4v) is 5.25. The number of benzene rings is 3. The quantitative estimate of drug-likeness (QED) is 0.322. The minimum Gasteiger partial charge on any atom is -0.237 e. The first kappa shape index (κ1) is 27.7. The van der Waals surface area contributed by atoms with E-state index in [2.05, 4.69) is 143 Å². The van der Waals surface area contributed by atoms with Crippen LogP contribution in [0.3, 0.4) is 0 Å². The van der Waals surface area contributed by atoms with Crippen molar-refractivity contribution in [2.24, 2.45) is 0 Å². The van der Waals surface area contributed by atoms with Gasteiger partial charge in [0.15, 0.2) is 0 Å². The third kappa shape index (κ3) is 5.29. The smallest absolute Gasteiger partial charge is 0.202 e. The highest BCUT2D eigenvalue weighted by Gasteiger charge is 2.31. The first-order valence-corrected chi connectivity index (χ1v) is 13.2. The fraction of sp³-hybridized carbons (Fsp3) is 0.457. The Labute approximate surface area is 220 Å². The average Bonchev–Trinajstić information content (AvgIpc) is 2.75. The molecule has 0 atom stereocenters. The van der Waals surface area contributed by atoms with Gasteiger partial charge in [-0.3, -0.25) is 0 Å². The predicted octanol–water partition coefficient (Wildman–Crippen LogP) is 10.8. The molecule has 0 aliphatic carbocycles. The Bertz CT molecular complexity index is 1140. The van der Waals surface area contributed by atoms with Gasteiger partial charge in [-0.05, 0) is 66.2 Å². The van der Waals surface area contributed by atoms with Crippen LogP contribution in [0.5, 0.6) is 0 Å². The zero-order valence-corrected chi connectivity index (χ0v) is 24.6. The Kier molecular flexibility index (Phi) is 7.11. The van der Waals surface area contributed by atoms with Crippen LogP contribution in [0.1, 0.15) is 105 Å². The SMILES string of the molecule is [C-]#[N+]c1c(-c2c(C(C)(C)C)cccc2C(C)(C)C)cccc1-c1c(C(C)(C)C)cccc1C(C)(C)C. The number of rotatable bonds is 2. The second kappa shape index (κ2) is 9.23. The van der Waals surface area contributed by atoms with Crippen molar-refractivity contribution in [1.82, 2.24) is 0 Å². The van der Waals surface area contributed by atoms with Crippen molar-refractivity contribution in [3.63, 3.8) is 0 Å². The molecule has 3 aromatic rings. The Morgan fingerprint density at radius 1 is 0.444 bits per heavy atom. The molecule has 0 aliphatic rings. The van der Waals surface area contributed by atoms with Crippen molar-refractivity contribution in [2.45, 2.75) is 105 Å². The summed E-state index contributed by atoms with van der Waals surface area (Å²) >= 11 is 0. The topological polar surface area (TPSA) is 4.36 Å². The van der Waals surface area contributed by atoms with Crippen molar-refractivity contribution >= 4 is 5.69 Å². The highest BCUT2D eigenvalue weighted by Crippen LogP contribution is 2.50. The molecule has 1 heteroatoms. The van der Waals surface area contributed by atoms with E-state index >= 15 is 0 Å². The Hall–Kier alpha value is -2.85. The first-order chi connectivity index (χ1) is 16.4. The van der Waals surface area contributed by atoms with Gasteiger partial charge >= 0.3 is 0 Å².